The van der Waals surface area contributed by atoms with Gasteiger partial charge < -0.3 is 14.8 Å². The van der Waals surface area contributed by atoms with Crippen LogP contribution in [0.25, 0.3) is 0 Å². The van der Waals surface area contributed by atoms with Gasteiger partial charge >= 0.3 is 0 Å². The summed E-state index contributed by atoms with van der Waals surface area (Å²) in [7, 11) is 0. The molecule has 0 spiro atoms. The van der Waals surface area contributed by atoms with E-state index in [1.807, 2.05) is 62.4 Å². The van der Waals surface area contributed by atoms with Crippen LogP contribution in [-0.2, 0) is 4.79 Å². The summed E-state index contributed by atoms with van der Waals surface area (Å²) in [5.74, 6) is 1.09. The maximum Gasteiger partial charge on any atom is 0.258 e. The third-order valence-electron chi connectivity index (χ3n) is 3.35. The van der Waals surface area contributed by atoms with E-state index in [9.17, 15) is 4.79 Å². The first kappa shape index (κ1) is 16.9. The summed E-state index contributed by atoms with van der Waals surface area (Å²) in [6.45, 7) is 4.58. The minimum Gasteiger partial charge on any atom is -0.490 e. The lowest BCUT2D eigenvalue weighted by molar-refractivity contribution is -0.123. The maximum atomic E-state index is 12.0. The Hall–Kier alpha value is -2.49. The molecule has 2 rings (SSSR count). The van der Waals surface area contributed by atoms with E-state index in [1.165, 1.54) is 0 Å². The fraction of sp³-hybridized carbons (Fsp3) is 0.316. The molecule has 1 amide bonds. The second kappa shape index (κ2) is 8.83. The molecule has 0 aliphatic rings. The fourth-order valence-corrected chi connectivity index (χ4v) is 2.15. The number of rotatable bonds is 8. The number of benzene rings is 2. The molecular weight excluding hydrogens is 290 g/mol. The molecule has 0 fully saturated rings. The van der Waals surface area contributed by atoms with Gasteiger partial charge in [-0.3, -0.25) is 4.79 Å². The molecule has 0 radical (unpaired) electrons. The molecule has 0 aliphatic carbocycles. The Morgan fingerprint density at radius 3 is 2.26 bits per heavy atom. The van der Waals surface area contributed by atoms with E-state index in [-0.39, 0.29) is 18.6 Å². The normalized spacial score (nSPS) is 11.6. The van der Waals surface area contributed by atoms with Gasteiger partial charge in [0.1, 0.15) is 0 Å². The Labute approximate surface area is 137 Å². The van der Waals surface area contributed by atoms with Gasteiger partial charge in [0, 0.05) is 0 Å². The van der Waals surface area contributed by atoms with E-state index < -0.39 is 0 Å². The highest BCUT2D eigenvalue weighted by molar-refractivity contribution is 5.78. The summed E-state index contributed by atoms with van der Waals surface area (Å²) in [5.41, 5.74) is 1.06. The molecule has 0 heterocycles. The second-order valence-electron chi connectivity index (χ2n) is 5.28. The van der Waals surface area contributed by atoms with Crippen LogP contribution in [0.15, 0.2) is 54.6 Å². The summed E-state index contributed by atoms with van der Waals surface area (Å²) < 4.78 is 11.2. The number of carbonyl (C=O) groups is 1. The van der Waals surface area contributed by atoms with Gasteiger partial charge in [0.05, 0.1) is 12.6 Å². The first-order chi connectivity index (χ1) is 11.2. The Morgan fingerprint density at radius 1 is 1.00 bits per heavy atom. The summed E-state index contributed by atoms with van der Waals surface area (Å²) >= 11 is 0. The maximum absolute atomic E-state index is 12.0. The zero-order valence-corrected chi connectivity index (χ0v) is 13.6. The van der Waals surface area contributed by atoms with E-state index in [0.29, 0.717) is 18.1 Å². The van der Waals surface area contributed by atoms with E-state index in [1.54, 1.807) is 6.07 Å². The van der Waals surface area contributed by atoms with Crippen molar-refractivity contribution in [3.05, 3.63) is 60.2 Å². The van der Waals surface area contributed by atoms with Crippen molar-refractivity contribution < 1.29 is 14.3 Å². The highest BCUT2D eigenvalue weighted by Gasteiger charge is 2.11. The molecule has 4 heteroatoms. The molecule has 2 aromatic carbocycles. The van der Waals surface area contributed by atoms with E-state index >= 15 is 0 Å². The molecule has 1 N–H and O–H groups in total. The van der Waals surface area contributed by atoms with E-state index in [4.69, 9.17) is 9.47 Å². The lowest BCUT2D eigenvalue weighted by Crippen LogP contribution is -2.31. The molecule has 0 unspecified atom stereocenters. The van der Waals surface area contributed by atoms with Crippen molar-refractivity contribution >= 4 is 5.91 Å². The monoisotopic (exact) mass is 313 g/mol. The molecular formula is C19H23NO3. The van der Waals surface area contributed by atoms with Crippen LogP contribution in [0, 0.1) is 0 Å². The molecule has 0 saturated carbocycles. The Bertz CT molecular complexity index is 613. The molecule has 23 heavy (non-hydrogen) atoms. The lowest BCUT2D eigenvalue weighted by atomic mass is 10.1. The van der Waals surface area contributed by atoms with Crippen molar-refractivity contribution in [2.75, 3.05) is 13.2 Å². The number of hydrogen-bond donors (Lipinski definition) is 1. The first-order valence-electron chi connectivity index (χ1n) is 7.89. The number of amides is 1. The predicted molar refractivity (Wildman–Crippen MR) is 90.7 cm³/mol. The molecule has 122 valence electrons. The van der Waals surface area contributed by atoms with Crippen molar-refractivity contribution in [3.8, 4) is 11.5 Å². The molecule has 4 nitrogen and oxygen atoms in total. The third-order valence-corrected chi connectivity index (χ3v) is 3.35. The van der Waals surface area contributed by atoms with Crippen molar-refractivity contribution in [2.45, 2.75) is 26.3 Å². The van der Waals surface area contributed by atoms with Crippen molar-refractivity contribution in [1.82, 2.24) is 5.32 Å². The number of nitrogens with one attached hydrogen (secondary N) is 1. The first-order valence-corrected chi connectivity index (χ1v) is 7.89. The van der Waals surface area contributed by atoms with Crippen molar-refractivity contribution in [1.29, 1.82) is 0 Å². The molecule has 0 bridgehead atoms. The van der Waals surface area contributed by atoms with Gasteiger partial charge in [0.2, 0.25) is 0 Å². The van der Waals surface area contributed by atoms with Gasteiger partial charge in [-0.05, 0) is 31.0 Å². The highest BCUT2D eigenvalue weighted by atomic mass is 16.5. The number of hydrogen-bond acceptors (Lipinski definition) is 3. The number of carbonyl (C=O) groups excluding carboxylic acids is 1. The SMILES string of the molecule is CCCOc1ccccc1OCC(=O)N[C@H](C)c1ccccc1. The minimum absolute atomic E-state index is 0.0380. The smallest absolute Gasteiger partial charge is 0.258 e. The molecule has 0 saturated heterocycles. The van der Waals surface area contributed by atoms with Crippen LogP contribution in [0.1, 0.15) is 31.9 Å². The van der Waals surface area contributed by atoms with Gasteiger partial charge in [-0.25, -0.2) is 0 Å². The van der Waals surface area contributed by atoms with Gasteiger partial charge in [0.25, 0.3) is 5.91 Å². The van der Waals surface area contributed by atoms with Gasteiger partial charge in [-0.2, -0.15) is 0 Å². The lowest BCUT2D eigenvalue weighted by Gasteiger charge is -2.15. The van der Waals surface area contributed by atoms with Crippen LogP contribution in [0.4, 0.5) is 0 Å². The summed E-state index contributed by atoms with van der Waals surface area (Å²) in [5, 5.41) is 2.92. The largest absolute Gasteiger partial charge is 0.490 e. The molecule has 0 aliphatic heterocycles. The van der Waals surface area contributed by atoms with Crippen LogP contribution in [-0.4, -0.2) is 19.1 Å². The zero-order chi connectivity index (χ0) is 16.5. The van der Waals surface area contributed by atoms with Crippen molar-refractivity contribution in [2.24, 2.45) is 0 Å². The van der Waals surface area contributed by atoms with Gasteiger partial charge in [-0.15, -0.1) is 0 Å². The highest BCUT2D eigenvalue weighted by Crippen LogP contribution is 2.26. The van der Waals surface area contributed by atoms with Crippen LogP contribution in [0.2, 0.25) is 0 Å². The summed E-state index contributed by atoms with van der Waals surface area (Å²) in [6, 6.07) is 17.2. The quantitative estimate of drug-likeness (QED) is 0.808. The average Bonchev–Trinajstić information content (AvgIpc) is 2.59. The molecule has 0 aromatic heterocycles. The van der Waals surface area contributed by atoms with Gasteiger partial charge in [-0.1, -0.05) is 49.4 Å². The van der Waals surface area contributed by atoms with Crippen LogP contribution >= 0.6 is 0 Å². The third kappa shape index (κ3) is 5.33. The Balaban J connectivity index is 1.87. The zero-order valence-electron chi connectivity index (χ0n) is 13.6. The fourth-order valence-electron chi connectivity index (χ4n) is 2.15. The molecule has 1 atom stereocenters. The molecule has 2 aromatic rings. The second-order valence-corrected chi connectivity index (χ2v) is 5.28. The Kier molecular flexibility index (Phi) is 6.48. The van der Waals surface area contributed by atoms with E-state index in [2.05, 4.69) is 5.32 Å². The van der Waals surface area contributed by atoms with Crippen LogP contribution in [0.5, 0.6) is 11.5 Å². The average molecular weight is 313 g/mol. The minimum atomic E-state index is -0.161. The van der Waals surface area contributed by atoms with Crippen LogP contribution in [0.3, 0.4) is 0 Å². The van der Waals surface area contributed by atoms with Crippen molar-refractivity contribution in [3.63, 3.8) is 0 Å². The number of para-hydroxylation sites is 2. The van der Waals surface area contributed by atoms with Gasteiger partial charge in [0.15, 0.2) is 18.1 Å². The topological polar surface area (TPSA) is 47.6 Å². The van der Waals surface area contributed by atoms with E-state index in [0.717, 1.165) is 12.0 Å². The predicted octanol–water partition coefficient (Wildman–Crippen LogP) is 3.73. The standard InChI is InChI=1S/C19H23NO3/c1-3-13-22-17-11-7-8-12-18(17)23-14-19(21)20-15(2)16-9-5-4-6-10-16/h4-12,15H,3,13-14H2,1-2H3,(H,20,21)/t15-/m1/s1. The summed E-state index contributed by atoms with van der Waals surface area (Å²) in [6.07, 6.45) is 0.920. The van der Waals surface area contributed by atoms with Crippen LogP contribution < -0.4 is 14.8 Å². The Morgan fingerprint density at radius 2 is 1.61 bits per heavy atom. The number of ether oxygens (including phenoxy) is 2. The summed E-state index contributed by atoms with van der Waals surface area (Å²) in [4.78, 5) is 12.0.